The highest BCUT2D eigenvalue weighted by atomic mass is 16.5. The summed E-state index contributed by atoms with van der Waals surface area (Å²) in [6.45, 7) is 3.31. The third-order valence-corrected chi connectivity index (χ3v) is 3.30. The molecular weight excluding hydrogens is 258 g/mol. The van der Waals surface area contributed by atoms with Crippen molar-refractivity contribution in [2.45, 2.75) is 32.2 Å². The number of ether oxygens (including phenoxy) is 2. The van der Waals surface area contributed by atoms with E-state index in [0.717, 1.165) is 31.6 Å². The van der Waals surface area contributed by atoms with Crippen LogP contribution < -0.4 is 15.4 Å². The molecule has 1 unspecified atom stereocenters. The van der Waals surface area contributed by atoms with E-state index in [9.17, 15) is 4.79 Å². The van der Waals surface area contributed by atoms with Crippen molar-refractivity contribution in [3.05, 3.63) is 17.8 Å². The van der Waals surface area contributed by atoms with Crippen molar-refractivity contribution in [2.24, 2.45) is 0 Å². The van der Waals surface area contributed by atoms with Gasteiger partial charge in [0.1, 0.15) is 0 Å². The Bertz CT molecular complexity index is 457. The highest BCUT2D eigenvalue weighted by Gasteiger charge is 2.15. The molecule has 2 N–H and O–H groups in total. The van der Waals surface area contributed by atoms with Crippen molar-refractivity contribution >= 4 is 11.7 Å². The van der Waals surface area contributed by atoms with Crippen LogP contribution in [0.5, 0.6) is 5.88 Å². The van der Waals surface area contributed by atoms with Crippen molar-refractivity contribution in [1.82, 2.24) is 10.3 Å². The summed E-state index contributed by atoms with van der Waals surface area (Å²) in [4.78, 5) is 16.2. The molecule has 1 aliphatic heterocycles. The van der Waals surface area contributed by atoms with Gasteiger partial charge in [0.2, 0.25) is 5.88 Å². The number of hydrogen-bond donors (Lipinski definition) is 2. The standard InChI is InChI=1S/C14H21N3O3/c1-10-12(5-6-13(15-10)19-2)17-14(18)16-11-4-3-8-20-9-7-11/h5-6,11H,3-4,7-9H2,1-2H3,(H2,16,17,18). The first-order valence-corrected chi connectivity index (χ1v) is 6.86. The fraction of sp³-hybridized carbons (Fsp3) is 0.571. The van der Waals surface area contributed by atoms with E-state index in [1.807, 2.05) is 6.92 Å². The smallest absolute Gasteiger partial charge is 0.319 e. The lowest BCUT2D eigenvalue weighted by Gasteiger charge is -2.16. The first-order valence-electron chi connectivity index (χ1n) is 6.86. The van der Waals surface area contributed by atoms with Gasteiger partial charge in [0.05, 0.1) is 18.5 Å². The highest BCUT2D eigenvalue weighted by Crippen LogP contribution is 2.17. The van der Waals surface area contributed by atoms with Gasteiger partial charge in [-0.05, 0) is 32.3 Å². The number of methoxy groups -OCH3 is 1. The van der Waals surface area contributed by atoms with Crippen LogP contribution in [0.15, 0.2) is 12.1 Å². The number of carbonyl (C=O) groups is 1. The summed E-state index contributed by atoms with van der Waals surface area (Å²) in [7, 11) is 1.57. The molecule has 0 radical (unpaired) electrons. The number of pyridine rings is 1. The van der Waals surface area contributed by atoms with Crippen LogP contribution in [0, 0.1) is 6.92 Å². The van der Waals surface area contributed by atoms with Crippen molar-refractivity contribution in [3.8, 4) is 5.88 Å². The number of urea groups is 1. The second-order valence-electron chi connectivity index (χ2n) is 4.83. The lowest BCUT2D eigenvalue weighted by atomic mass is 10.1. The molecule has 1 aromatic rings. The maximum atomic E-state index is 12.0. The minimum Gasteiger partial charge on any atom is -0.481 e. The zero-order valence-corrected chi connectivity index (χ0v) is 11.9. The molecule has 1 atom stereocenters. The highest BCUT2D eigenvalue weighted by molar-refractivity contribution is 5.90. The Hall–Kier alpha value is -1.82. The van der Waals surface area contributed by atoms with E-state index < -0.39 is 0 Å². The molecule has 20 heavy (non-hydrogen) atoms. The van der Waals surface area contributed by atoms with Crippen LogP contribution in [0.25, 0.3) is 0 Å². The van der Waals surface area contributed by atoms with Crippen molar-refractivity contribution in [1.29, 1.82) is 0 Å². The number of nitrogens with one attached hydrogen (secondary N) is 2. The maximum Gasteiger partial charge on any atom is 0.319 e. The van der Waals surface area contributed by atoms with Gasteiger partial charge in [-0.2, -0.15) is 0 Å². The molecular formula is C14H21N3O3. The first-order chi connectivity index (χ1) is 9.69. The van der Waals surface area contributed by atoms with Gasteiger partial charge in [-0.3, -0.25) is 0 Å². The molecule has 0 aliphatic carbocycles. The third-order valence-electron chi connectivity index (χ3n) is 3.30. The van der Waals surface area contributed by atoms with Crippen LogP contribution in [-0.2, 0) is 4.74 Å². The predicted octanol–water partition coefficient (Wildman–Crippen LogP) is 2.09. The minimum atomic E-state index is -0.202. The van der Waals surface area contributed by atoms with Crippen LogP contribution in [-0.4, -0.2) is 37.4 Å². The molecule has 1 saturated heterocycles. The molecule has 0 spiro atoms. The Morgan fingerprint density at radius 1 is 1.40 bits per heavy atom. The van der Waals surface area contributed by atoms with Crippen LogP contribution >= 0.6 is 0 Å². The molecule has 1 aromatic heterocycles. The average molecular weight is 279 g/mol. The summed E-state index contributed by atoms with van der Waals surface area (Å²) in [6, 6.07) is 3.48. The van der Waals surface area contributed by atoms with Gasteiger partial charge in [0, 0.05) is 25.3 Å². The molecule has 1 fully saturated rings. The average Bonchev–Trinajstić information content (AvgIpc) is 2.69. The Morgan fingerprint density at radius 2 is 2.25 bits per heavy atom. The lowest BCUT2D eigenvalue weighted by Crippen LogP contribution is -2.38. The van der Waals surface area contributed by atoms with Crippen LogP contribution in [0.4, 0.5) is 10.5 Å². The summed E-state index contributed by atoms with van der Waals surface area (Å²) >= 11 is 0. The van der Waals surface area contributed by atoms with Crippen molar-refractivity contribution < 1.29 is 14.3 Å². The van der Waals surface area contributed by atoms with Gasteiger partial charge >= 0.3 is 6.03 Å². The van der Waals surface area contributed by atoms with Crippen LogP contribution in [0.2, 0.25) is 0 Å². The second-order valence-corrected chi connectivity index (χ2v) is 4.83. The van der Waals surface area contributed by atoms with E-state index in [1.165, 1.54) is 0 Å². The number of hydrogen-bond acceptors (Lipinski definition) is 4. The lowest BCUT2D eigenvalue weighted by molar-refractivity contribution is 0.143. The van der Waals surface area contributed by atoms with E-state index >= 15 is 0 Å². The fourth-order valence-electron chi connectivity index (χ4n) is 2.18. The minimum absolute atomic E-state index is 0.170. The number of aryl methyl sites for hydroxylation is 1. The predicted molar refractivity (Wildman–Crippen MR) is 76.1 cm³/mol. The molecule has 0 bridgehead atoms. The monoisotopic (exact) mass is 279 g/mol. The summed E-state index contributed by atoms with van der Waals surface area (Å²) in [5.41, 5.74) is 1.41. The van der Waals surface area contributed by atoms with Crippen molar-refractivity contribution in [2.75, 3.05) is 25.6 Å². The first kappa shape index (κ1) is 14.6. The topological polar surface area (TPSA) is 72.5 Å². The number of rotatable bonds is 3. The van der Waals surface area contributed by atoms with E-state index in [1.54, 1.807) is 19.2 Å². The SMILES string of the molecule is COc1ccc(NC(=O)NC2CCCOCC2)c(C)n1. The molecule has 6 heteroatoms. The van der Waals surface area contributed by atoms with Crippen LogP contribution in [0.3, 0.4) is 0 Å². The number of aromatic nitrogens is 1. The van der Waals surface area contributed by atoms with E-state index in [-0.39, 0.29) is 12.1 Å². The molecule has 2 heterocycles. The fourth-order valence-corrected chi connectivity index (χ4v) is 2.18. The summed E-state index contributed by atoms with van der Waals surface area (Å²) in [5, 5.41) is 5.79. The van der Waals surface area contributed by atoms with Gasteiger partial charge in [0.25, 0.3) is 0 Å². The van der Waals surface area contributed by atoms with Gasteiger partial charge in [-0.1, -0.05) is 0 Å². The molecule has 0 saturated carbocycles. The molecule has 0 aromatic carbocycles. The van der Waals surface area contributed by atoms with Gasteiger partial charge in [-0.25, -0.2) is 9.78 Å². The van der Waals surface area contributed by atoms with E-state index in [0.29, 0.717) is 18.2 Å². The Morgan fingerprint density at radius 3 is 3.00 bits per heavy atom. The third kappa shape index (κ3) is 4.09. The summed E-state index contributed by atoms with van der Waals surface area (Å²) in [6.07, 6.45) is 2.79. The van der Waals surface area contributed by atoms with Crippen molar-refractivity contribution in [3.63, 3.8) is 0 Å². The Labute approximate surface area is 118 Å². The number of anilines is 1. The second kappa shape index (κ2) is 7.09. The molecule has 6 nitrogen and oxygen atoms in total. The maximum absolute atomic E-state index is 12.0. The molecule has 1 aliphatic rings. The number of carbonyl (C=O) groups excluding carboxylic acids is 1. The largest absolute Gasteiger partial charge is 0.481 e. The number of amides is 2. The van der Waals surface area contributed by atoms with E-state index in [2.05, 4.69) is 15.6 Å². The summed E-state index contributed by atoms with van der Waals surface area (Å²) < 4.78 is 10.4. The molecule has 2 rings (SSSR count). The molecule has 110 valence electrons. The zero-order valence-electron chi connectivity index (χ0n) is 11.9. The number of nitrogens with zero attached hydrogens (tertiary/aromatic N) is 1. The quantitative estimate of drug-likeness (QED) is 0.888. The van der Waals surface area contributed by atoms with Gasteiger partial charge < -0.3 is 20.1 Å². The van der Waals surface area contributed by atoms with Gasteiger partial charge in [-0.15, -0.1) is 0 Å². The normalized spacial score (nSPS) is 19.0. The summed E-state index contributed by atoms with van der Waals surface area (Å²) in [5.74, 6) is 0.536. The van der Waals surface area contributed by atoms with Crippen LogP contribution in [0.1, 0.15) is 25.0 Å². The van der Waals surface area contributed by atoms with E-state index in [4.69, 9.17) is 9.47 Å². The Balaban J connectivity index is 1.90. The van der Waals surface area contributed by atoms with Gasteiger partial charge in [0.15, 0.2) is 0 Å². The molecule has 2 amide bonds. The Kier molecular flexibility index (Phi) is 5.17. The zero-order chi connectivity index (χ0) is 14.4.